The molecule has 0 aromatic heterocycles. The van der Waals surface area contributed by atoms with Crippen molar-refractivity contribution in [3.8, 4) is 0 Å². The van der Waals surface area contributed by atoms with Gasteiger partial charge in [-0.25, -0.2) is 0 Å². The molecule has 0 spiro atoms. The van der Waals surface area contributed by atoms with E-state index >= 15 is 0 Å². The lowest BCUT2D eigenvalue weighted by Gasteiger charge is -2.14. The highest BCUT2D eigenvalue weighted by molar-refractivity contribution is 5.37. The van der Waals surface area contributed by atoms with Crippen LogP contribution in [0.5, 0.6) is 0 Å². The fourth-order valence-corrected chi connectivity index (χ4v) is 2.05. The smallest absolute Gasteiger partial charge is 0.396 e. The molecular formula is C12H10F6O. The molecule has 1 aliphatic carbocycles. The molecular weight excluding hydrogens is 274 g/mol. The first-order valence-corrected chi connectivity index (χ1v) is 5.53. The van der Waals surface area contributed by atoms with Gasteiger partial charge in [0.1, 0.15) is 0 Å². The fraction of sp³-hybridized carbons (Fsp3) is 0.500. The highest BCUT2D eigenvalue weighted by Crippen LogP contribution is 2.49. The van der Waals surface area contributed by atoms with Gasteiger partial charge in [0.15, 0.2) is 0 Å². The Labute approximate surface area is 104 Å². The molecule has 1 saturated carbocycles. The molecule has 2 unspecified atom stereocenters. The van der Waals surface area contributed by atoms with Crippen molar-refractivity contribution in [2.24, 2.45) is 5.92 Å². The van der Waals surface area contributed by atoms with Gasteiger partial charge < -0.3 is 5.11 Å². The van der Waals surface area contributed by atoms with Gasteiger partial charge in [0.05, 0.1) is 11.1 Å². The molecule has 0 amide bonds. The summed E-state index contributed by atoms with van der Waals surface area (Å²) < 4.78 is 75.5. The number of hydrogen-bond donors (Lipinski definition) is 1. The van der Waals surface area contributed by atoms with Crippen LogP contribution in [-0.4, -0.2) is 11.7 Å². The molecule has 1 aliphatic rings. The van der Waals surface area contributed by atoms with Crippen LogP contribution in [-0.2, 0) is 12.4 Å². The Hall–Kier alpha value is -1.24. The van der Waals surface area contributed by atoms with E-state index in [0.29, 0.717) is 6.42 Å². The maximum absolute atomic E-state index is 12.6. The zero-order chi connectivity index (χ0) is 14.4. The van der Waals surface area contributed by atoms with Crippen molar-refractivity contribution in [3.05, 3.63) is 34.9 Å². The van der Waals surface area contributed by atoms with Gasteiger partial charge in [-0.15, -0.1) is 0 Å². The molecule has 106 valence electrons. The van der Waals surface area contributed by atoms with Crippen LogP contribution in [0.3, 0.4) is 0 Å². The molecule has 0 aliphatic heterocycles. The summed E-state index contributed by atoms with van der Waals surface area (Å²) >= 11 is 0. The Bertz CT molecular complexity index is 444. The summed E-state index contributed by atoms with van der Waals surface area (Å²) in [6, 6.07) is 1.57. The lowest BCUT2D eigenvalue weighted by Crippen LogP contribution is -2.11. The second-order valence-corrected chi connectivity index (χ2v) is 4.62. The Morgan fingerprint density at radius 2 is 1.42 bits per heavy atom. The molecule has 1 nitrogen and oxygen atoms in total. The van der Waals surface area contributed by atoms with Gasteiger partial charge in [-0.3, -0.25) is 0 Å². The summed E-state index contributed by atoms with van der Waals surface area (Å²) in [7, 11) is 0. The highest BCUT2D eigenvalue weighted by Gasteiger charge is 2.42. The van der Waals surface area contributed by atoms with Gasteiger partial charge in [-0.1, -0.05) is 0 Å². The van der Waals surface area contributed by atoms with Crippen LogP contribution < -0.4 is 0 Å². The van der Waals surface area contributed by atoms with Crippen LogP contribution in [0.15, 0.2) is 18.2 Å². The maximum atomic E-state index is 12.6. The largest absolute Gasteiger partial charge is 0.416 e. The molecule has 2 atom stereocenters. The summed E-state index contributed by atoms with van der Waals surface area (Å²) in [6.45, 7) is -0.234. The molecule has 0 radical (unpaired) electrons. The molecule has 1 aromatic rings. The van der Waals surface area contributed by atoms with Crippen molar-refractivity contribution in [2.45, 2.75) is 24.7 Å². The topological polar surface area (TPSA) is 20.2 Å². The molecule has 2 rings (SSSR count). The van der Waals surface area contributed by atoms with E-state index in [1.54, 1.807) is 0 Å². The molecule has 1 aromatic carbocycles. The Morgan fingerprint density at radius 1 is 0.947 bits per heavy atom. The monoisotopic (exact) mass is 284 g/mol. The average molecular weight is 284 g/mol. The molecule has 19 heavy (non-hydrogen) atoms. The first-order chi connectivity index (χ1) is 8.63. The quantitative estimate of drug-likeness (QED) is 0.818. The second-order valence-electron chi connectivity index (χ2n) is 4.62. The number of aliphatic hydroxyl groups excluding tert-OH is 1. The first-order valence-electron chi connectivity index (χ1n) is 5.53. The molecule has 7 heteroatoms. The Kier molecular flexibility index (Phi) is 3.28. The zero-order valence-corrected chi connectivity index (χ0v) is 9.52. The summed E-state index contributed by atoms with van der Waals surface area (Å²) in [5, 5.41) is 8.85. The Morgan fingerprint density at radius 3 is 1.74 bits per heavy atom. The third kappa shape index (κ3) is 3.02. The van der Waals surface area contributed by atoms with E-state index in [1.807, 2.05) is 0 Å². The SMILES string of the molecule is OCC1CC1c1cc(C(F)(F)F)cc(C(F)(F)F)c1. The lowest BCUT2D eigenvalue weighted by molar-refractivity contribution is -0.143. The van der Waals surface area contributed by atoms with Crippen LogP contribution in [0.4, 0.5) is 26.3 Å². The second kappa shape index (κ2) is 4.40. The third-order valence-corrected chi connectivity index (χ3v) is 3.20. The van der Waals surface area contributed by atoms with Gasteiger partial charge >= 0.3 is 12.4 Å². The van der Waals surface area contributed by atoms with Crippen LogP contribution >= 0.6 is 0 Å². The highest BCUT2D eigenvalue weighted by atomic mass is 19.4. The van der Waals surface area contributed by atoms with Crippen molar-refractivity contribution in [1.29, 1.82) is 0 Å². The van der Waals surface area contributed by atoms with E-state index in [1.165, 1.54) is 0 Å². The van der Waals surface area contributed by atoms with E-state index in [0.717, 1.165) is 12.1 Å². The minimum absolute atomic E-state index is 0.0128. The molecule has 0 heterocycles. The minimum atomic E-state index is -4.82. The van der Waals surface area contributed by atoms with Crippen LogP contribution in [0, 0.1) is 5.92 Å². The number of rotatable bonds is 2. The number of halogens is 6. The number of aliphatic hydroxyl groups is 1. The van der Waals surface area contributed by atoms with Crippen LogP contribution in [0.1, 0.15) is 29.0 Å². The van der Waals surface area contributed by atoms with E-state index in [-0.39, 0.29) is 24.2 Å². The molecule has 0 bridgehead atoms. The summed E-state index contributed by atoms with van der Waals surface area (Å²) in [4.78, 5) is 0. The van der Waals surface area contributed by atoms with Gasteiger partial charge in [-0.05, 0) is 42.0 Å². The first kappa shape index (κ1) is 14.2. The summed E-state index contributed by atoms with van der Waals surface area (Å²) in [5.41, 5.74) is -2.62. The van der Waals surface area contributed by atoms with E-state index in [9.17, 15) is 26.3 Å². The van der Waals surface area contributed by atoms with E-state index in [2.05, 4.69) is 0 Å². The Balaban J connectivity index is 2.44. The fourth-order valence-electron chi connectivity index (χ4n) is 2.05. The number of hydrogen-bond acceptors (Lipinski definition) is 1. The van der Waals surface area contributed by atoms with Crippen molar-refractivity contribution < 1.29 is 31.4 Å². The standard InChI is InChI=1S/C12H10F6O/c13-11(14,15)8-1-6(10-3-7(10)5-19)2-9(4-8)12(16,17)18/h1-2,4,7,10,19H,3,5H2. The average Bonchev–Trinajstić information content (AvgIpc) is 3.05. The molecule has 1 N–H and O–H groups in total. The maximum Gasteiger partial charge on any atom is 0.416 e. The van der Waals surface area contributed by atoms with Gasteiger partial charge in [-0.2, -0.15) is 26.3 Å². The van der Waals surface area contributed by atoms with Crippen molar-refractivity contribution in [3.63, 3.8) is 0 Å². The number of benzene rings is 1. The predicted molar refractivity (Wildman–Crippen MR) is 54.4 cm³/mol. The lowest BCUT2D eigenvalue weighted by atomic mass is 10.0. The van der Waals surface area contributed by atoms with Gasteiger partial charge in [0, 0.05) is 6.61 Å². The predicted octanol–water partition coefficient (Wildman–Crippen LogP) is 3.82. The zero-order valence-electron chi connectivity index (χ0n) is 9.52. The van der Waals surface area contributed by atoms with Crippen LogP contribution in [0.2, 0.25) is 0 Å². The van der Waals surface area contributed by atoms with Crippen molar-refractivity contribution >= 4 is 0 Å². The van der Waals surface area contributed by atoms with Crippen LogP contribution in [0.25, 0.3) is 0 Å². The third-order valence-electron chi connectivity index (χ3n) is 3.20. The number of alkyl halides is 6. The molecule has 0 saturated heterocycles. The van der Waals surface area contributed by atoms with E-state index in [4.69, 9.17) is 5.11 Å². The van der Waals surface area contributed by atoms with Crippen molar-refractivity contribution in [1.82, 2.24) is 0 Å². The molecule has 1 fully saturated rings. The summed E-state index contributed by atoms with van der Waals surface area (Å²) in [6.07, 6.45) is -9.23. The summed E-state index contributed by atoms with van der Waals surface area (Å²) in [5.74, 6) is -0.669. The van der Waals surface area contributed by atoms with E-state index < -0.39 is 29.4 Å². The van der Waals surface area contributed by atoms with Gasteiger partial charge in [0.25, 0.3) is 0 Å². The minimum Gasteiger partial charge on any atom is -0.396 e. The van der Waals surface area contributed by atoms with Gasteiger partial charge in [0.2, 0.25) is 0 Å². The van der Waals surface area contributed by atoms with Crippen molar-refractivity contribution in [2.75, 3.05) is 6.61 Å². The normalized spacial score (nSPS) is 23.5.